The second kappa shape index (κ2) is 4.29. The molecule has 18 heavy (non-hydrogen) atoms. The summed E-state index contributed by atoms with van der Waals surface area (Å²) in [6, 6.07) is 5.87. The number of carbonyl (C=O) groups is 1. The van der Waals surface area contributed by atoms with Gasteiger partial charge in [0.05, 0.1) is 5.56 Å². The third-order valence-electron chi connectivity index (χ3n) is 2.96. The van der Waals surface area contributed by atoms with Crippen LogP contribution in [0.4, 0.5) is 4.39 Å². The molecule has 0 saturated carbocycles. The van der Waals surface area contributed by atoms with E-state index in [1.54, 1.807) is 6.07 Å². The minimum Gasteiger partial charge on any atom is -0.508 e. The standard InChI is InChI=1S/C14H14FNO2/c1-7(2)10-3-8-5-12(15)11(14(16)18)4-9(8)6-13(10)17/h3-7,17H,1-2H3,(H2,16,18). The highest BCUT2D eigenvalue weighted by atomic mass is 19.1. The number of halogens is 1. The highest BCUT2D eigenvalue weighted by molar-refractivity contribution is 5.98. The Morgan fingerprint density at radius 1 is 1.22 bits per heavy atom. The highest BCUT2D eigenvalue weighted by Gasteiger charge is 2.13. The van der Waals surface area contributed by atoms with Crippen molar-refractivity contribution in [3.8, 4) is 5.75 Å². The number of nitrogens with two attached hydrogens (primary N) is 1. The topological polar surface area (TPSA) is 63.3 Å². The third-order valence-corrected chi connectivity index (χ3v) is 2.96. The molecular weight excluding hydrogens is 233 g/mol. The average Bonchev–Trinajstić information content (AvgIpc) is 2.27. The summed E-state index contributed by atoms with van der Waals surface area (Å²) >= 11 is 0. The number of hydrogen-bond acceptors (Lipinski definition) is 2. The lowest BCUT2D eigenvalue weighted by molar-refractivity contribution is 0.0996. The lowest BCUT2D eigenvalue weighted by Crippen LogP contribution is -2.13. The van der Waals surface area contributed by atoms with Crippen molar-refractivity contribution in [3.63, 3.8) is 0 Å². The molecule has 0 aliphatic heterocycles. The predicted molar refractivity (Wildman–Crippen MR) is 68.2 cm³/mol. The van der Waals surface area contributed by atoms with Crippen molar-refractivity contribution in [1.82, 2.24) is 0 Å². The van der Waals surface area contributed by atoms with Crippen LogP contribution in [0.25, 0.3) is 10.8 Å². The van der Waals surface area contributed by atoms with Gasteiger partial charge in [0.1, 0.15) is 11.6 Å². The van der Waals surface area contributed by atoms with Crippen LogP contribution < -0.4 is 5.73 Å². The fraction of sp³-hybridized carbons (Fsp3) is 0.214. The molecule has 0 fully saturated rings. The van der Waals surface area contributed by atoms with E-state index >= 15 is 0 Å². The first kappa shape index (κ1) is 12.4. The Hall–Kier alpha value is -2.10. The number of phenols is 1. The van der Waals surface area contributed by atoms with Crippen LogP contribution in [0.1, 0.15) is 35.7 Å². The van der Waals surface area contributed by atoms with E-state index in [0.717, 1.165) is 5.56 Å². The van der Waals surface area contributed by atoms with E-state index in [-0.39, 0.29) is 17.2 Å². The van der Waals surface area contributed by atoms with E-state index in [1.165, 1.54) is 18.2 Å². The molecule has 0 spiro atoms. The monoisotopic (exact) mass is 247 g/mol. The van der Waals surface area contributed by atoms with Crippen LogP contribution in [0.3, 0.4) is 0 Å². The maximum Gasteiger partial charge on any atom is 0.251 e. The number of fused-ring (bicyclic) bond motifs is 1. The zero-order valence-corrected chi connectivity index (χ0v) is 10.2. The lowest BCUT2D eigenvalue weighted by atomic mass is 9.97. The molecule has 3 nitrogen and oxygen atoms in total. The predicted octanol–water partition coefficient (Wildman–Crippen LogP) is 2.91. The SMILES string of the molecule is CC(C)c1cc2cc(F)c(C(N)=O)cc2cc1O. The Morgan fingerprint density at radius 3 is 2.39 bits per heavy atom. The first-order valence-corrected chi connectivity index (χ1v) is 5.66. The van der Waals surface area contributed by atoms with E-state index in [0.29, 0.717) is 10.8 Å². The van der Waals surface area contributed by atoms with Crippen LogP contribution in [-0.2, 0) is 0 Å². The molecule has 0 bridgehead atoms. The van der Waals surface area contributed by atoms with Gasteiger partial charge < -0.3 is 10.8 Å². The Labute approximate surface area is 104 Å². The van der Waals surface area contributed by atoms with Gasteiger partial charge in [-0.25, -0.2) is 4.39 Å². The van der Waals surface area contributed by atoms with Crippen molar-refractivity contribution >= 4 is 16.7 Å². The van der Waals surface area contributed by atoms with Gasteiger partial charge in [0.15, 0.2) is 0 Å². The van der Waals surface area contributed by atoms with Gasteiger partial charge in [0, 0.05) is 0 Å². The molecule has 0 aliphatic carbocycles. The van der Waals surface area contributed by atoms with E-state index < -0.39 is 11.7 Å². The summed E-state index contributed by atoms with van der Waals surface area (Å²) in [5.74, 6) is -1.19. The molecule has 4 heteroatoms. The molecule has 1 amide bonds. The zero-order chi connectivity index (χ0) is 13.4. The number of amides is 1. The number of carbonyl (C=O) groups excluding carboxylic acids is 1. The molecule has 2 aromatic carbocycles. The van der Waals surface area contributed by atoms with E-state index in [4.69, 9.17) is 5.73 Å². The van der Waals surface area contributed by atoms with Crippen LogP contribution in [0.5, 0.6) is 5.75 Å². The number of hydrogen-bond donors (Lipinski definition) is 2. The molecule has 0 heterocycles. The number of benzene rings is 2. The molecule has 0 saturated heterocycles. The summed E-state index contributed by atoms with van der Waals surface area (Å²) in [7, 11) is 0. The molecule has 0 radical (unpaired) electrons. The number of primary amides is 1. The number of phenolic OH excluding ortho intramolecular Hbond substituents is 1. The van der Waals surface area contributed by atoms with Gasteiger partial charge in [-0.15, -0.1) is 0 Å². The maximum atomic E-state index is 13.6. The Kier molecular flexibility index (Phi) is 2.95. The van der Waals surface area contributed by atoms with Crippen LogP contribution in [0, 0.1) is 5.82 Å². The summed E-state index contributed by atoms with van der Waals surface area (Å²) in [6.45, 7) is 3.88. The van der Waals surface area contributed by atoms with Crippen molar-refractivity contribution in [2.45, 2.75) is 19.8 Å². The molecule has 0 atom stereocenters. The smallest absolute Gasteiger partial charge is 0.251 e. The summed E-state index contributed by atoms with van der Waals surface area (Å²) in [5.41, 5.74) is 5.66. The average molecular weight is 247 g/mol. The molecule has 3 N–H and O–H groups in total. The largest absolute Gasteiger partial charge is 0.508 e. The number of rotatable bonds is 2. The molecule has 94 valence electrons. The molecule has 0 aliphatic rings. The Morgan fingerprint density at radius 2 is 1.83 bits per heavy atom. The molecule has 0 unspecified atom stereocenters. The van der Waals surface area contributed by atoms with Crippen molar-refractivity contribution in [2.24, 2.45) is 5.73 Å². The third kappa shape index (κ3) is 2.01. The van der Waals surface area contributed by atoms with Crippen LogP contribution in [0.2, 0.25) is 0 Å². The normalized spacial score (nSPS) is 11.1. The summed E-state index contributed by atoms with van der Waals surface area (Å²) in [4.78, 5) is 11.0. The van der Waals surface area contributed by atoms with Gasteiger partial charge in [-0.2, -0.15) is 0 Å². The summed E-state index contributed by atoms with van der Waals surface area (Å²) in [6.07, 6.45) is 0. The quantitative estimate of drug-likeness (QED) is 0.857. The van der Waals surface area contributed by atoms with Gasteiger partial charge in [0.25, 0.3) is 5.91 Å². The van der Waals surface area contributed by atoms with Gasteiger partial charge in [-0.3, -0.25) is 4.79 Å². The first-order chi connectivity index (χ1) is 8.40. The fourth-order valence-corrected chi connectivity index (χ4v) is 1.98. The van der Waals surface area contributed by atoms with Crippen LogP contribution in [0.15, 0.2) is 24.3 Å². The second-order valence-electron chi connectivity index (χ2n) is 4.61. The maximum absolute atomic E-state index is 13.6. The van der Waals surface area contributed by atoms with E-state index in [2.05, 4.69) is 0 Å². The van der Waals surface area contributed by atoms with E-state index in [1.807, 2.05) is 13.8 Å². The zero-order valence-electron chi connectivity index (χ0n) is 10.2. The van der Waals surface area contributed by atoms with Crippen LogP contribution >= 0.6 is 0 Å². The molecule has 2 rings (SSSR count). The minimum absolute atomic E-state index is 0.133. The first-order valence-electron chi connectivity index (χ1n) is 5.66. The number of aromatic hydroxyl groups is 1. The Bertz CT molecular complexity index is 635. The van der Waals surface area contributed by atoms with E-state index in [9.17, 15) is 14.3 Å². The lowest BCUT2D eigenvalue weighted by Gasteiger charge is -2.11. The molecular formula is C14H14FNO2. The van der Waals surface area contributed by atoms with Crippen LogP contribution in [-0.4, -0.2) is 11.0 Å². The second-order valence-corrected chi connectivity index (χ2v) is 4.61. The van der Waals surface area contributed by atoms with Crippen molar-refractivity contribution < 1.29 is 14.3 Å². The van der Waals surface area contributed by atoms with Gasteiger partial charge in [0.2, 0.25) is 0 Å². The van der Waals surface area contributed by atoms with Gasteiger partial charge >= 0.3 is 0 Å². The summed E-state index contributed by atoms with van der Waals surface area (Å²) in [5, 5.41) is 11.1. The van der Waals surface area contributed by atoms with Gasteiger partial charge in [-0.05, 0) is 46.5 Å². The highest BCUT2D eigenvalue weighted by Crippen LogP contribution is 2.31. The van der Waals surface area contributed by atoms with Gasteiger partial charge in [-0.1, -0.05) is 13.8 Å². The fourth-order valence-electron chi connectivity index (χ4n) is 1.98. The molecule has 0 aromatic heterocycles. The Balaban J connectivity index is 2.74. The van der Waals surface area contributed by atoms with Crippen molar-refractivity contribution in [3.05, 3.63) is 41.2 Å². The minimum atomic E-state index is -0.818. The van der Waals surface area contributed by atoms with Crippen molar-refractivity contribution in [1.29, 1.82) is 0 Å². The molecule has 2 aromatic rings. The summed E-state index contributed by atoms with van der Waals surface area (Å²) < 4.78 is 13.6. The van der Waals surface area contributed by atoms with Crippen molar-refractivity contribution in [2.75, 3.05) is 0 Å².